The van der Waals surface area contributed by atoms with Crippen molar-refractivity contribution in [3.05, 3.63) is 59.4 Å². The van der Waals surface area contributed by atoms with Gasteiger partial charge >= 0.3 is 0 Å². The molecule has 2 rings (SSSR count). The SMILES string of the molecule is CNC(C)c1ccc(SCc2cccc(C)n2)cc1. The van der Waals surface area contributed by atoms with Gasteiger partial charge in [-0.3, -0.25) is 4.98 Å². The number of aromatic nitrogens is 1. The van der Waals surface area contributed by atoms with Gasteiger partial charge in [0.2, 0.25) is 0 Å². The summed E-state index contributed by atoms with van der Waals surface area (Å²) in [5.41, 5.74) is 3.54. The van der Waals surface area contributed by atoms with E-state index in [1.165, 1.54) is 10.5 Å². The summed E-state index contributed by atoms with van der Waals surface area (Å²) < 4.78 is 0. The van der Waals surface area contributed by atoms with Crippen LogP contribution in [0.2, 0.25) is 0 Å². The van der Waals surface area contributed by atoms with Gasteiger partial charge in [-0.25, -0.2) is 0 Å². The van der Waals surface area contributed by atoms with E-state index in [1.54, 1.807) is 0 Å². The van der Waals surface area contributed by atoms with Crippen molar-refractivity contribution in [2.24, 2.45) is 0 Å². The van der Waals surface area contributed by atoms with E-state index in [9.17, 15) is 0 Å². The minimum Gasteiger partial charge on any atom is -0.313 e. The highest BCUT2D eigenvalue weighted by molar-refractivity contribution is 7.98. The first-order valence-corrected chi connectivity index (χ1v) is 7.50. The molecule has 1 unspecified atom stereocenters. The highest BCUT2D eigenvalue weighted by atomic mass is 32.2. The Bertz CT molecular complexity index is 523. The number of hydrogen-bond donors (Lipinski definition) is 1. The molecule has 1 atom stereocenters. The molecule has 0 saturated carbocycles. The van der Waals surface area contributed by atoms with Gasteiger partial charge in [-0.05, 0) is 50.7 Å². The monoisotopic (exact) mass is 272 g/mol. The minimum absolute atomic E-state index is 0.400. The van der Waals surface area contributed by atoms with Gasteiger partial charge < -0.3 is 5.32 Å². The van der Waals surface area contributed by atoms with E-state index in [-0.39, 0.29) is 0 Å². The van der Waals surface area contributed by atoms with E-state index < -0.39 is 0 Å². The van der Waals surface area contributed by atoms with E-state index in [0.717, 1.165) is 17.1 Å². The van der Waals surface area contributed by atoms with Crippen LogP contribution in [0.4, 0.5) is 0 Å². The van der Waals surface area contributed by atoms with Crippen molar-refractivity contribution in [1.29, 1.82) is 0 Å². The highest BCUT2D eigenvalue weighted by Gasteiger charge is 2.02. The molecule has 19 heavy (non-hydrogen) atoms. The van der Waals surface area contributed by atoms with Crippen LogP contribution in [0.1, 0.15) is 29.9 Å². The average Bonchev–Trinajstić information content (AvgIpc) is 2.45. The fraction of sp³-hybridized carbons (Fsp3) is 0.312. The molecule has 1 aromatic carbocycles. The fourth-order valence-electron chi connectivity index (χ4n) is 1.86. The summed E-state index contributed by atoms with van der Waals surface area (Å²) in [5.74, 6) is 0.919. The second kappa shape index (κ2) is 6.73. The van der Waals surface area contributed by atoms with Crippen molar-refractivity contribution in [2.45, 2.75) is 30.5 Å². The molecule has 100 valence electrons. The van der Waals surface area contributed by atoms with Crippen LogP contribution in [0, 0.1) is 6.92 Å². The number of aryl methyl sites for hydroxylation is 1. The van der Waals surface area contributed by atoms with Gasteiger partial charge in [-0.15, -0.1) is 11.8 Å². The number of hydrogen-bond acceptors (Lipinski definition) is 3. The minimum atomic E-state index is 0.400. The van der Waals surface area contributed by atoms with Crippen LogP contribution in [0.5, 0.6) is 0 Å². The second-order valence-electron chi connectivity index (χ2n) is 4.64. The first-order valence-electron chi connectivity index (χ1n) is 6.51. The number of nitrogens with zero attached hydrogens (tertiary/aromatic N) is 1. The first kappa shape index (κ1) is 14.1. The normalized spacial score (nSPS) is 12.4. The summed E-state index contributed by atoms with van der Waals surface area (Å²) in [4.78, 5) is 5.80. The summed E-state index contributed by atoms with van der Waals surface area (Å²) in [5, 5.41) is 3.25. The average molecular weight is 272 g/mol. The van der Waals surface area contributed by atoms with Crippen LogP contribution < -0.4 is 5.32 Å². The Morgan fingerprint density at radius 3 is 2.53 bits per heavy atom. The number of pyridine rings is 1. The van der Waals surface area contributed by atoms with Gasteiger partial charge in [0.15, 0.2) is 0 Å². The van der Waals surface area contributed by atoms with Gasteiger partial charge in [-0.2, -0.15) is 0 Å². The smallest absolute Gasteiger partial charge is 0.0509 e. The zero-order valence-corrected chi connectivity index (χ0v) is 12.5. The topological polar surface area (TPSA) is 24.9 Å². The maximum absolute atomic E-state index is 4.52. The lowest BCUT2D eigenvalue weighted by Crippen LogP contribution is -2.11. The quantitative estimate of drug-likeness (QED) is 0.834. The molecule has 3 heteroatoms. The van der Waals surface area contributed by atoms with E-state index in [0.29, 0.717) is 6.04 Å². The lowest BCUT2D eigenvalue weighted by molar-refractivity contribution is 0.652. The molecule has 2 nitrogen and oxygen atoms in total. The van der Waals surface area contributed by atoms with E-state index in [2.05, 4.69) is 53.6 Å². The summed E-state index contributed by atoms with van der Waals surface area (Å²) in [7, 11) is 1.98. The standard InChI is InChI=1S/C16H20N2S/c1-12-5-4-6-15(18-12)11-19-16-9-7-14(8-10-16)13(2)17-3/h4-10,13,17H,11H2,1-3H3. The molecule has 0 aliphatic rings. The third-order valence-corrected chi connectivity index (χ3v) is 4.19. The molecule has 1 N–H and O–H groups in total. The van der Waals surface area contributed by atoms with Gasteiger partial charge in [0, 0.05) is 22.4 Å². The van der Waals surface area contributed by atoms with Crippen LogP contribution in [0.25, 0.3) is 0 Å². The Balaban J connectivity index is 1.96. The Morgan fingerprint density at radius 2 is 1.89 bits per heavy atom. The molecule has 0 aliphatic carbocycles. The summed E-state index contributed by atoms with van der Waals surface area (Å²) in [6, 6.07) is 15.3. The molecule has 0 saturated heterocycles. The molecule has 0 aliphatic heterocycles. The van der Waals surface area contributed by atoms with Crippen molar-refractivity contribution in [3.63, 3.8) is 0 Å². The predicted octanol–water partition coefficient (Wildman–Crippen LogP) is 3.96. The van der Waals surface area contributed by atoms with Gasteiger partial charge in [-0.1, -0.05) is 18.2 Å². The molecule has 0 bridgehead atoms. The Hall–Kier alpha value is -1.32. The molecule has 0 amide bonds. The van der Waals surface area contributed by atoms with Crippen LogP contribution in [0.15, 0.2) is 47.4 Å². The third kappa shape index (κ3) is 4.08. The van der Waals surface area contributed by atoms with Crippen LogP contribution >= 0.6 is 11.8 Å². The number of rotatable bonds is 5. The molecule has 1 aromatic heterocycles. The van der Waals surface area contributed by atoms with Crippen molar-refractivity contribution >= 4 is 11.8 Å². The molecule has 0 spiro atoms. The van der Waals surface area contributed by atoms with Crippen molar-refractivity contribution in [1.82, 2.24) is 10.3 Å². The second-order valence-corrected chi connectivity index (χ2v) is 5.69. The molecule has 2 aromatic rings. The third-order valence-electron chi connectivity index (χ3n) is 3.15. The number of benzene rings is 1. The van der Waals surface area contributed by atoms with Crippen molar-refractivity contribution in [2.75, 3.05) is 7.05 Å². The van der Waals surface area contributed by atoms with Gasteiger partial charge in [0.25, 0.3) is 0 Å². The van der Waals surface area contributed by atoms with E-state index in [4.69, 9.17) is 0 Å². The first-order chi connectivity index (χ1) is 9.19. The predicted molar refractivity (Wildman–Crippen MR) is 82.5 cm³/mol. The fourth-order valence-corrected chi connectivity index (χ4v) is 2.66. The van der Waals surface area contributed by atoms with Gasteiger partial charge in [0.05, 0.1) is 5.69 Å². The zero-order valence-electron chi connectivity index (χ0n) is 11.7. The molecular formula is C16H20N2S. The summed E-state index contributed by atoms with van der Waals surface area (Å²) in [6.07, 6.45) is 0. The summed E-state index contributed by atoms with van der Waals surface area (Å²) >= 11 is 1.83. The highest BCUT2D eigenvalue weighted by Crippen LogP contribution is 2.23. The Kier molecular flexibility index (Phi) is 5.00. The molecule has 1 heterocycles. The van der Waals surface area contributed by atoms with Crippen molar-refractivity contribution < 1.29 is 0 Å². The van der Waals surface area contributed by atoms with Crippen molar-refractivity contribution in [3.8, 4) is 0 Å². The lowest BCUT2D eigenvalue weighted by atomic mass is 10.1. The molecule has 0 radical (unpaired) electrons. The molecular weight excluding hydrogens is 252 g/mol. The van der Waals surface area contributed by atoms with E-state index >= 15 is 0 Å². The van der Waals surface area contributed by atoms with Crippen LogP contribution in [-0.2, 0) is 5.75 Å². The Morgan fingerprint density at radius 1 is 1.16 bits per heavy atom. The van der Waals surface area contributed by atoms with Crippen LogP contribution in [-0.4, -0.2) is 12.0 Å². The maximum Gasteiger partial charge on any atom is 0.0509 e. The summed E-state index contributed by atoms with van der Waals surface area (Å²) in [6.45, 7) is 4.20. The lowest BCUT2D eigenvalue weighted by Gasteiger charge is -2.11. The maximum atomic E-state index is 4.52. The zero-order chi connectivity index (χ0) is 13.7. The van der Waals surface area contributed by atoms with E-state index in [1.807, 2.05) is 31.8 Å². The van der Waals surface area contributed by atoms with Crippen LogP contribution in [0.3, 0.4) is 0 Å². The number of nitrogens with one attached hydrogen (secondary N) is 1. The largest absolute Gasteiger partial charge is 0.313 e. The Labute approximate surface area is 119 Å². The van der Waals surface area contributed by atoms with Gasteiger partial charge in [0.1, 0.15) is 0 Å². The molecule has 0 fully saturated rings. The number of thioether (sulfide) groups is 1.